The van der Waals surface area contributed by atoms with Gasteiger partial charge in [0.15, 0.2) is 0 Å². The largest absolute Gasteiger partial charge is 0.490 e. The van der Waals surface area contributed by atoms with Gasteiger partial charge >= 0.3 is 0 Å². The van der Waals surface area contributed by atoms with Crippen LogP contribution in [0.25, 0.3) is 0 Å². The number of nitrogens with zero attached hydrogens (tertiary/aromatic N) is 2. The second-order valence-corrected chi connectivity index (χ2v) is 5.98. The molecule has 2 aliphatic rings. The smallest absolute Gasteiger partial charge is 0.269 e. The Hall–Kier alpha value is -1.90. The van der Waals surface area contributed by atoms with Gasteiger partial charge in [-0.05, 0) is 12.1 Å². The summed E-state index contributed by atoms with van der Waals surface area (Å²) in [6.07, 6.45) is 1.51. The minimum absolute atomic E-state index is 0. The van der Waals surface area contributed by atoms with Crippen molar-refractivity contribution in [3.63, 3.8) is 0 Å². The Morgan fingerprint density at radius 1 is 1.28 bits per heavy atom. The SMILES string of the molecule is Cl.O=C(C1COCCN1)N1CCC(Oc2ccc([N+](=O)[O-])cc2)CC1. The van der Waals surface area contributed by atoms with Gasteiger partial charge in [-0.3, -0.25) is 14.9 Å². The van der Waals surface area contributed by atoms with Gasteiger partial charge in [-0.2, -0.15) is 0 Å². The first-order valence-electron chi connectivity index (χ1n) is 8.14. The van der Waals surface area contributed by atoms with Crippen LogP contribution in [0.5, 0.6) is 5.75 Å². The van der Waals surface area contributed by atoms with E-state index in [1.54, 1.807) is 12.1 Å². The van der Waals surface area contributed by atoms with Gasteiger partial charge in [0.25, 0.3) is 5.69 Å². The molecule has 9 heteroatoms. The lowest BCUT2D eigenvalue weighted by Crippen LogP contribution is -2.54. The number of ether oxygens (including phenoxy) is 2. The molecule has 138 valence electrons. The Morgan fingerprint density at radius 3 is 2.52 bits per heavy atom. The van der Waals surface area contributed by atoms with Gasteiger partial charge in [0.2, 0.25) is 5.91 Å². The van der Waals surface area contributed by atoms with Crippen LogP contribution < -0.4 is 10.1 Å². The Balaban J connectivity index is 0.00000225. The molecule has 1 aromatic carbocycles. The summed E-state index contributed by atoms with van der Waals surface area (Å²) in [7, 11) is 0. The quantitative estimate of drug-likeness (QED) is 0.634. The third-order valence-electron chi connectivity index (χ3n) is 4.32. The number of halogens is 1. The van der Waals surface area contributed by atoms with Crippen molar-refractivity contribution in [2.24, 2.45) is 0 Å². The van der Waals surface area contributed by atoms with Crippen molar-refractivity contribution in [1.29, 1.82) is 0 Å². The Morgan fingerprint density at radius 2 is 1.96 bits per heavy atom. The number of nitro groups is 1. The van der Waals surface area contributed by atoms with E-state index in [0.29, 0.717) is 38.6 Å². The lowest BCUT2D eigenvalue weighted by atomic mass is 10.1. The number of carbonyl (C=O) groups is 1. The number of hydrogen-bond acceptors (Lipinski definition) is 6. The van der Waals surface area contributed by atoms with Gasteiger partial charge in [-0.25, -0.2) is 0 Å². The third kappa shape index (κ3) is 5.04. The maximum absolute atomic E-state index is 12.4. The second kappa shape index (κ2) is 8.98. The Labute approximate surface area is 152 Å². The first kappa shape index (κ1) is 19.4. The van der Waals surface area contributed by atoms with E-state index in [9.17, 15) is 14.9 Å². The number of likely N-dealkylation sites (tertiary alicyclic amines) is 1. The number of non-ortho nitro benzene ring substituents is 1. The third-order valence-corrected chi connectivity index (χ3v) is 4.32. The topological polar surface area (TPSA) is 93.9 Å². The highest BCUT2D eigenvalue weighted by molar-refractivity contribution is 5.85. The van der Waals surface area contributed by atoms with Crippen LogP contribution in [-0.2, 0) is 9.53 Å². The van der Waals surface area contributed by atoms with Crippen molar-refractivity contribution >= 4 is 24.0 Å². The molecule has 25 heavy (non-hydrogen) atoms. The van der Waals surface area contributed by atoms with Crippen molar-refractivity contribution in [3.05, 3.63) is 34.4 Å². The van der Waals surface area contributed by atoms with Crippen molar-refractivity contribution in [3.8, 4) is 5.75 Å². The van der Waals surface area contributed by atoms with E-state index in [1.165, 1.54) is 12.1 Å². The standard InChI is InChI=1S/C16H21N3O5.ClH/c20-16(15-11-23-10-7-17-15)18-8-5-14(6-9-18)24-13-3-1-12(2-4-13)19(21)22;/h1-4,14-15,17H,5-11H2;1H. The summed E-state index contributed by atoms with van der Waals surface area (Å²) in [5.41, 5.74) is 0.0463. The van der Waals surface area contributed by atoms with E-state index in [1.807, 2.05) is 4.90 Å². The van der Waals surface area contributed by atoms with Crippen LogP contribution in [-0.4, -0.2) is 60.7 Å². The van der Waals surface area contributed by atoms with Crippen LogP contribution in [0.2, 0.25) is 0 Å². The zero-order valence-corrected chi connectivity index (χ0v) is 14.6. The second-order valence-electron chi connectivity index (χ2n) is 5.98. The molecule has 0 aliphatic carbocycles. The number of carbonyl (C=O) groups excluding carboxylic acids is 1. The van der Waals surface area contributed by atoms with Gasteiger partial charge in [0.05, 0.1) is 18.1 Å². The van der Waals surface area contributed by atoms with Gasteiger partial charge in [0.1, 0.15) is 17.9 Å². The van der Waals surface area contributed by atoms with E-state index < -0.39 is 4.92 Å². The molecule has 2 aliphatic heterocycles. The Kier molecular flexibility index (Phi) is 6.98. The number of benzene rings is 1. The van der Waals surface area contributed by atoms with E-state index in [-0.39, 0.29) is 36.1 Å². The number of hydrogen-bond donors (Lipinski definition) is 1. The van der Waals surface area contributed by atoms with Gasteiger partial charge in [-0.15, -0.1) is 12.4 Å². The van der Waals surface area contributed by atoms with Gasteiger partial charge in [-0.1, -0.05) is 0 Å². The van der Waals surface area contributed by atoms with E-state index in [2.05, 4.69) is 5.32 Å². The van der Waals surface area contributed by atoms with E-state index >= 15 is 0 Å². The average Bonchev–Trinajstić information content (AvgIpc) is 2.63. The van der Waals surface area contributed by atoms with Crippen LogP contribution >= 0.6 is 12.4 Å². The number of nitro benzene ring substituents is 1. The first-order valence-corrected chi connectivity index (χ1v) is 8.14. The molecule has 2 saturated heterocycles. The minimum Gasteiger partial charge on any atom is -0.490 e. The van der Waals surface area contributed by atoms with Crippen molar-refractivity contribution in [2.75, 3.05) is 32.8 Å². The number of piperidine rings is 1. The number of nitrogens with one attached hydrogen (secondary N) is 1. The lowest BCUT2D eigenvalue weighted by molar-refractivity contribution is -0.384. The molecule has 0 aromatic heterocycles. The van der Waals surface area contributed by atoms with E-state index in [0.717, 1.165) is 12.8 Å². The van der Waals surface area contributed by atoms with E-state index in [4.69, 9.17) is 9.47 Å². The molecule has 8 nitrogen and oxygen atoms in total. The molecule has 2 heterocycles. The zero-order chi connectivity index (χ0) is 16.9. The molecular formula is C16H22ClN3O5. The monoisotopic (exact) mass is 371 g/mol. The van der Waals surface area contributed by atoms with Crippen LogP contribution in [0.3, 0.4) is 0 Å². The number of morpholine rings is 1. The highest BCUT2D eigenvalue weighted by Crippen LogP contribution is 2.22. The van der Waals surface area contributed by atoms with Crippen LogP contribution in [0.4, 0.5) is 5.69 Å². The van der Waals surface area contributed by atoms with Gasteiger partial charge < -0.3 is 19.7 Å². The zero-order valence-electron chi connectivity index (χ0n) is 13.8. The molecule has 1 atom stereocenters. The predicted molar refractivity (Wildman–Crippen MR) is 93.2 cm³/mol. The van der Waals surface area contributed by atoms with Crippen molar-refractivity contribution in [2.45, 2.75) is 25.0 Å². The normalized spacial score (nSPS) is 21.3. The maximum Gasteiger partial charge on any atom is 0.269 e. The van der Waals surface area contributed by atoms with Gasteiger partial charge in [0, 0.05) is 44.6 Å². The molecular weight excluding hydrogens is 350 g/mol. The number of rotatable bonds is 4. The first-order chi connectivity index (χ1) is 11.6. The summed E-state index contributed by atoms with van der Waals surface area (Å²) < 4.78 is 11.2. The summed E-state index contributed by atoms with van der Waals surface area (Å²) in [6.45, 7) is 3.08. The summed E-state index contributed by atoms with van der Waals surface area (Å²) in [5.74, 6) is 0.705. The summed E-state index contributed by atoms with van der Waals surface area (Å²) in [4.78, 5) is 24.5. The van der Waals surface area contributed by atoms with Crippen LogP contribution in [0, 0.1) is 10.1 Å². The fourth-order valence-electron chi connectivity index (χ4n) is 2.98. The highest BCUT2D eigenvalue weighted by atomic mass is 35.5. The molecule has 0 bridgehead atoms. The van der Waals surface area contributed by atoms with Crippen molar-refractivity contribution < 1.29 is 19.2 Å². The van der Waals surface area contributed by atoms with Crippen molar-refractivity contribution in [1.82, 2.24) is 10.2 Å². The molecule has 1 amide bonds. The highest BCUT2D eigenvalue weighted by Gasteiger charge is 2.30. The summed E-state index contributed by atoms with van der Waals surface area (Å²) >= 11 is 0. The molecule has 0 spiro atoms. The fraction of sp³-hybridized carbons (Fsp3) is 0.562. The molecule has 0 saturated carbocycles. The molecule has 1 aromatic rings. The molecule has 2 fully saturated rings. The Bertz CT molecular complexity index is 584. The minimum atomic E-state index is -0.434. The molecule has 1 N–H and O–H groups in total. The molecule has 1 unspecified atom stereocenters. The predicted octanol–water partition coefficient (Wildman–Crippen LogP) is 1.37. The average molecular weight is 372 g/mol. The van der Waals surface area contributed by atoms with Crippen LogP contribution in [0.1, 0.15) is 12.8 Å². The lowest BCUT2D eigenvalue weighted by Gasteiger charge is -2.35. The molecule has 0 radical (unpaired) electrons. The molecule has 3 rings (SSSR count). The van der Waals surface area contributed by atoms with Crippen LogP contribution in [0.15, 0.2) is 24.3 Å². The maximum atomic E-state index is 12.4. The summed E-state index contributed by atoms with van der Waals surface area (Å²) in [5, 5.41) is 13.8. The fourth-order valence-corrected chi connectivity index (χ4v) is 2.98. The number of amides is 1. The summed E-state index contributed by atoms with van der Waals surface area (Å²) in [6, 6.07) is 5.84.